The number of hydrogen-bond acceptors (Lipinski definition) is 4. The quantitative estimate of drug-likeness (QED) is 0.762. The molecule has 0 aliphatic carbocycles. The molecule has 0 saturated heterocycles. The van der Waals surface area contributed by atoms with E-state index in [2.05, 4.69) is 20.5 Å². The average Bonchev–Trinajstić information content (AvgIpc) is 2.87. The highest BCUT2D eigenvalue weighted by Crippen LogP contribution is 2.26. The largest absolute Gasteiger partial charge is 0.431 e. The lowest BCUT2D eigenvalue weighted by Gasteiger charge is -2.07. The fourth-order valence-corrected chi connectivity index (χ4v) is 1.39. The van der Waals surface area contributed by atoms with Crippen molar-refractivity contribution in [2.45, 2.75) is 12.7 Å². The highest BCUT2D eigenvalue weighted by atomic mass is 19.4. The second kappa shape index (κ2) is 5.15. The Morgan fingerprint density at radius 2 is 2.10 bits per heavy atom. The number of pyridine rings is 1. The normalized spacial score (nSPS) is 11.3. The van der Waals surface area contributed by atoms with Gasteiger partial charge in [0, 0.05) is 0 Å². The van der Waals surface area contributed by atoms with Crippen LogP contribution in [0.5, 0.6) is 0 Å². The maximum atomic E-state index is 12.3. The first-order valence-corrected chi connectivity index (χ1v) is 5.31. The predicted octanol–water partition coefficient (Wildman–Crippen LogP) is 0.442. The smallest absolute Gasteiger partial charge is 0.345 e. The Bertz CT molecular complexity index is 662. The zero-order valence-corrected chi connectivity index (χ0v) is 9.78. The van der Waals surface area contributed by atoms with E-state index in [0.29, 0.717) is 11.9 Å². The maximum Gasteiger partial charge on any atom is 0.431 e. The summed E-state index contributed by atoms with van der Waals surface area (Å²) < 4.78 is 37.0. The Hall–Kier alpha value is -2.65. The molecule has 0 fully saturated rings. The molecule has 0 unspecified atom stereocenters. The number of H-pyrrole nitrogens is 2. The zero-order chi connectivity index (χ0) is 14.8. The molecule has 1 amide bonds. The van der Waals surface area contributed by atoms with Crippen LogP contribution in [0.15, 0.2) is 23.3 Å². The van der Waals surface area contributed by atoms with Crippen molar-refractivity contribution in [2.75, 3.05) is 0 Å². The summed E-state index contributed by atoms with van der Waals surface area (Å²) in [5, 5.41) is 8.35. The average molecular weight is 287 g/mol. The second-order valence-electron chi connectivity index (χ2n) is 3.73. The van der Waals surface area contributed by atoms with E-state index < -0.39 is 28.9 Å². The van der Waals surface area contributed by atoms with Crippen LogP contribution in [0.3, 0.4) is 0 Å². The third-order valence-corrected chi connectivity index (χ3v) is 2.34. The molecule has 2 heterocycles. The summed E-state index contributed by atoms with van der Waals surface area (Å²) in [7, 11) is 0. The predicted molar refractivity (Wildman–Crippen MR) is 59.6 cm³/mol. The molecule has 0 radical (unpaired) electrons. The van der Waals surface area contributed by atoms with Gasteiger partial charge in [0.25, 0.3) is 11.5 Å². The van der Waals surface area contributed by atoms with Gasteiger partial charge in [0.2, 0.25) is 0 Å². The molecule has 106 valence electrons. The maximum absolute atomic E-state index is 12.3. The van der Waals surface area contributed by atoms with E-state index in [9.17, 15) is 22.8 Å². The molecule has 2 aromatic heterocycles. The zero-order valence-electron chi connectivity index (χ0n) is 9.78. The summed E-state index contributed by atoms with van der Waals surface area (Å²) in [6, 6.07) is 1.45. The molecule has 10 heteroatoms. The Morgan fingerprint density at radius 3 is 2.65 bits per heavy atom. The van der Waals surface area contributed by atoms with Crippen LogP contribution >= 0.6 is 0 Å². The molecule has 7 nitrogen and oxygen atoms in total. The highest BCUT2D eigenvalue weighted by molar-refractivity contribution is 5.93. The van der Waals surface area contributed by atoms with Crippen molar-refractivity contribution in [1.82, 2.24) is 25.5 Å². The highest BCUT2D eigenvalue weighted by Gasteiger charge is 2.32. The van der Waals surface area contributed by atoms with Crippen LogP contribution in [0.2, 0.25) is 0 Å². The Balaban J connectivity index is 2.13. The van der Waals surface area contributed by atoms with Crippen LogP contribution in [0.25, 0.3) is 0 Å². The molecule has 0 bridgehead atoms. The number of rotatable bonds is 3. The first-order chi connectivity index (χ1) is 9.38. The van der Waals surface area contributed by atoms with Crippen LogP contribution in [-0.4, -0.2) is 26.1 Å². The molecule has 3 N–H and O–H groups in total. The lowest BCUT2D eigenvalue weighted by Crippen LogP contribution is -2.30. The summed E-state index contributed by atoms with van der Waals surface area (Å²) >= 11 is 0. The molecular formula is C10H8F3N5O2. The van der Waals surface area contributed by atoms with Crippen LogP contribution < -0.4 is 10.9 Å². The van der Waals surface area contributed by atoms with E-state index in [1.165, 1.54) is 6.33 Å². The number of hydrogen-bond donors (Lipinski definition) is 3. The molecule has 0 saturated carbocycles. The summed E-state index contributed by atoms with van der Waals surface area (Å²) in [6.07, 6.45) is -3.44. The van der Waals surface area contributed by atoms with Gasteiger partial charge in [0.1, 0.15) is 23.4 Å². The van der Waals surface area contributed by atoms with Crippen molar-refractivity contribution >= 4 is 5.91 Å². The third kappa shape index (κ3) is 3.02. The monoisotopic (exact) mass is 287 g/mol. The molecule has 0 aliphatic heterocycles. The summed E-state index contributed by atoms with van der Waals surface area (Å²) in [5.74, 6) is -0.460. The number of nitrogens with one attached hydrogen (secondary N) is 3. The van der Waals surface area contributed by atoms with Crippen molar-refractivity contribution < 1.29 is 18.0 Å². The van der Waals surface area contributed by atoms with Gasteiger partial charge in [0.05, 0.1) is 6.54 Å². The Labute approximate surface area is 109 Å². The lowest BCUT2D eigenvalue weighted by molar-refractivity contribution is -0.141. The SMILES string of the molecule is O=C(NCc1ncn[nH]1)c1ccc(C(F)(F)F)[nH]c1=O. The molecule has 0 spiro atoms. The van der Waals surface area contributed by atoms with Crippen molar-refractivity contribution in [3.63, 3.8) is 0 Å². The molecule has 20 heavy (non-hydrogen) atoms. The van der Waals surface area contributed by atoms with E-state index in [1.54, 1.807) is 4.98 Å². The van der Waals surface area contributed by atoms with Crippen LogP contribution in [0.1, 0.15) is 21.9 Å². The van der Waals surface area contributed by atoms with Crippen molar-refractivity contribution in [3.05, 3.63) is 45.9 Å². The van der Waals surface area contributed by atoms with Gasteiger partial charge in [-0.1, -0.05) is 0 Å². The summed E-state index contributed by atoms with van der Waals surface area (Å²) in [4.78, 5) is 28.4. The summed E-state index contributed by atoms with van der Waals surface area (Å²) in [5.41, 5.74) is -2.75. The molecule has 0 atom stereocenters. The number of aromatic nitrogens is 4. The molecule has 0 aromatic carbocycles. The van der Waals surface area contributed by atoms with E-state index >= 15 is 0 Å². The molecule has 2 rings (SSSR count). The minimum atomic E-state index is -4.67. The number of alkyl halides is 3. The van der Waals surface area contributed by atoms with Gasteiger partial charge in [-0.3, -0.25) is 14.7 Å². The Kier molecular flexibility index (Phi) is 3.55. The number of halogens is 3. The van der Waals surface area contributed by atoms with Crippen molar-refractivity contribution in [2.24, 2.45) is 0 Å². The van der Waals surface area contributed by atoms with E-state index in [4.69, 9.17) is 0 Å². The number of nitrogens with zero attached hydrogens (tertiary/aromatic N) is 2. The van der Waals surface area contributed by atoms with E-state index in [1.807, 2.05) is 0 Å². The first kappa shape index (κ1) is 13.8. The Morgan fingerprint density at radius 1 is 1.35 bits per heavy atom. The van der Waals surface area contributed by atoms with E-state index in [-0.39, 0.29) is 6.54 Å². The van der Waals surface area contributed by atoms with E-state index in [0.717, 1.165) is 6.07 Å². The second-order valence-corrected chi connectivity index (χ2v) is 3.73. The standard InChI is InChI=1S/C10H8F3N5O2/c11-10(12,13)6-2-1-5(9(20)17-6)8(19)14-3-7-15-4-16-18-7/h1-2,4H,3H2,(H,14,19)(H,17,20)(H,15,16,18). The molecular weight excluding hydrogens is 279 g/mol. The van der Waals surface area contributed by atoms with Crippen molar-refractivity contribution in [1.29, 1.82) is 0 Å². The van der Waals surface area contributed by atoms with Gasteiger partial charge >= 0.3 is 6.18 Å². The third-order valence-electron chi connectivity index (χ3n) is 2.34. The molecule has 2 aromatic rings. The summed E-state index contributed by atoms with van der Waals surface area (Å²) in [6.45, 7) is -0.0285. The van der Waals surface area contributed by atoms with Gasteiger partial charge in [-0.25, -0.2) is 4.98 Å². The van der Waals surface area contributed by atoms with Crippen LogP contribution in [-0.2, 0) is 12.7 Å². The van der Waals surface area contributed by atoms with Crippen LogP contribution in [0.4, 0.5) is 13.2 Å². The first-order valence-electron chi connectivity index (χ1n) is 5.31. The van der Waals surface area contributed by atoms with Gasteiger partial charge in [-0.2, -0.15) is 18.3 Å². The number of amides is 1. The molecule has 0 aliphatic rings. The number of aromatic amines is 2. The minimum Gasteiger partial charge on any atom is -0.345 e. The number of carbonyl (C=O) groups excluding carboxylic acids is 1. The fourth-order valence-electron chi connectivity index (χ4n) is 1.39. The number of carbonyl (C=O) groups is 1. The fraction of sp³-hybridized carbons (Fsp3) is 0.200. The van der Waals surface area contributed by atoms with Gasteiger partial charge in [-0.05, 0) is 12.1 Å². The van der Waals surface area contributed by atoms with Crippen LogP contribution in [0, 0.1) is 0 Å². The van der Waals surface area contributed by atoms with Gasteiger partial charge < -0.3 is 10.3 Å². The van der Waals surface area contributed by atoms with Gasteiger partial charge in [0.15, 0.2) is 0 Å². The van der Waals surface area contributed by atoms with Gasteiger partial charge in [-0.15, -0.1) is 0 Å². The lowest BCUT2D eigenvalue weighted by atomic mass is 10.2. The topological polar surface area (TPSA) is 104 Å². The van der Waals surface area contributed by atoms with Crippen molar-refractivity contribution in [3.8, 4) is 0 Å². The minimum absolute atomic E-state index is 0.0285.